The highest BCUT2D eigenvalue weighted by atomic mass is 16.6. The third-order valence-corrected chi connectivity index (χ3v) is 9.27. The molecule has 0 aliphatic rings. The first-order chi connectivity index (χ1) is 24.4. The second-order valence-corrected chi connectivity index (χ2v) is 14.7. The minimum absolute atomic E-state index is 0.0841. The van der Waals surface area contributed by atoms with Gasteiger partial charge in [-0.25, -0.2) is 0 Å². The van der Waals surface area contributed by atoms with Crippen molar-refractivity contribution in [2.45, 2.75) is 213 Å². The molecule has 1 unspecified atom stereocenters. The summed E-state index contributed by atoms with van der Waals surface area (Å²) >= 11 is 0. The minimum atomic E-state index is -0.777. The number of allylic oxidation sites excluding steroid dienone is 2. The van der Waals surface area contributed by atoms with Crippen molar-refractivity contribution in [1.29, 1.82) is 0 Å². The minimum Gasteiger partial charge on any atom is -0.462 e. The zero-order chi connectivity index (χ0) is 36.8. The van der Waals surface area contributed by atoms with Crippen LogP contribution in [0.15, 0.2) is 12.2 Å². The molecule has 0 aliphatic heterocycles. The molecule has 0 rings (SSSR count). The van der Waals surface area contributed by atoms with Crippen molar-refractivity contribution in [1.82, 2.24) is 4.90 Å². The largest absolute Gasteiger partial charge is 0.462 e. The Morgan fingerprint density at radius 2 is 0.800 bits per heavy atom. The van der Waals surface area contributed by atoms with Crippen molar-refractivity contribution in [3.05, 3.63) is 12.2 Å². The van der Waals surface area contributed by atoms with Gasteiger partial charge in [0.25, 0.3) is 0 Å². The van der Waals surface area contributed by atoms with Crippen LogP contribution in [0, 0.1) is 0 Å². The second-order valence-electron chi connectivity index (χ2n) is 14.7. The Hall–Kier alpha value is -1.89. The van der Waals surface area contributed by atoms with Crippen LogP contribution in [0.4, 0.5) is 0 Å². The third kappa shape index (κ3) is 37.4. The maximum absolute atomic E-state index is 12.6. The van der Waals surface area contributed by atoms with Crippen LogP contribution in [0.25, 0.3) is 0 Å². The average molecular weight is 708 g/mol. The zero-order valence-electron chi connectivity index (χ0n) is 33.5. The Kier molecular flexibility index (Phi) is 36.9. The number of carbonyl (C=O) groups excluding carboxylic acids is 3. The van der Waals surface area contributed by atoms with Crippen molar-refractivity contribution in [2.75, 3.05) is 33.9 Å². The molecule has 0 aromatic rings. The molecule has 0 saturated carbocycles. The average Bonchev–Trinajstić information content (AvgIpc) is 3.09. The van der Waals surface area contributed by atoms with Gasteiger partial charge in [0.1, 0.15) is 13.2 Å². The fraction of sp³-hybridized carbons (Fsp3) is 0.884. The van der Waals surface area contributed by atoms with E-state index in [-0.39, 0.29) is 31.1 Å². The van der Waals surface area contributed by atoms with E-state index < -0.39 is 6.10 Å². The normalized spacial score (nSPS) is 12.1. The SMILES string of the molecule is CCCCCCCC/C=C\CCCCCCCC(=O)OCC(COC(=O)CCCN(C)C)OC(=O)CCCCCCCCCCCCCCC. The number of unbranched alkanes of at least 4 members (excludes halogenated alkanes) is 23. The number of carbonyl (C=O) groups is 3. The lowest BCUT2D eigenvalue weighted by atomic mass is 10.0. The van der Waals surface area contributed by atoms with E-state index in [0.29, 0.717) is 25.7 Å². The van der Waals surface area contributed by atoms with E-state index in [1.807, 2.05) is 19.0 Å². The molecule has 7 heteroatoms. The summed E-state index contributed by atoms with van der Waals surface area (Å²) in [6.07, 6.45) is 37.4. The summed E-state index contributed by atoms with van der Waals surface area (Å²) in [4.78, 5) is 39.3. The Morgan fingerprint density at radius 3 is 1.20 bits per heavy atom. The van der Waals surface area contributed by atoms with Gasteiger partial charge >= 0.3 is 17.9 Å². The van der Waals surface area contributed by atoms with Gasteiger partial charge in [-0.2, -0.15) is 0 Å². The number of nitrogens with zero attached hydrogens (tertiary/aromatic N) is 1. The van der Waals surface area contributed by atoms with Crippen molar-refractivity contribution in [2.24, 2.45) is 0 Å². The topological polar surface area (TPSA) is 82.1 Å². The van der Waals surface area contributed by atoms with Gasteiger partial charge in [-0.1, -0.05) is 154 Å². The molecule has 0 aromatic heterocycles. The van der Waals surface area contributed by atoms with E-state index in [2.05, 4.69) is 26.0 Å². The Balaban J connectivity index is 4.19. The summed E-state index contributed by atoms with van der Waals surface area (Å²) in [6.45, 7) is 5.13. The number of rotatable bonds is 38. The van der Waals surface area contributed by atoms with E-state index in [9.17, 15) is 14.4 Å². The fourth-order valence-corrected chi connectivity index (χ4v) is 6.04. The van der Waals surface area contributed by atoms with Gasteiger partial charge in [0, 0.05) is 19.3 Å². The Labute approximate surface area is 309 Å². The first-order valence-electron chi connectivity index (χ1n) is 21.2. The summed E-state index contributed by atoms with van der Waals surface area (Å²) in [5.41, 5.74) is 0. The number of hydrogen-bond acceptors (Lipinski definition) is 7. The number of esters is 3. The van der Waals surface area contributed by atoms with Crippen LogP contribution in [0.5, 0.6) is 0 Å². The van der Waals surface area contributed by atoms with Crippen molar-refractivity contribution in [3.63, 3.8) is 0 Å². The summed E-state index contributed by atoms with van der Waals surface area (Å²) in [5.74, 6) is -0.948. The van der Waals surface area contributed by atoms with Crippen LogP contribution in [0.3, 0.4) is 0 Å². The van der Waals surface area contributed by atoms with Gasteiger partial charge in [-0.05, 0) is 65.6 Å². The molecule has 294 valence electrons. The molecule has 7 nitrogen and oxygen atoms in total. The Bertz CT molecular complexity index is 798. The van der Waals surface area contributed by atoms with Crippen LogP contribution in [-0.2, 0) is 28.6 Å². The van der Waals surface area contributed by atoms with Crippen LogP contribution >= 0.6 is 0 Å². The number of hydrogen-bond donors (Lipinski definition) is 0. The third-order valence-electron chi connectivity index (χ3n) is 9.27. The lowest BCUT2D eigenvalue weighted by Crippen LogP contribution is -2.31. The maximum Gasteiger partial charge on any atom is 0.306 e. The second kappa shape index (κ2) is 38.3. The highest BCUT2D eigenvalue weighted by Crippen LogP contribution is 2.14. The molecular formula is C43H81NO6. The van der Waals surface area contributed by atoms with E-state index in [0.717, 1.165) is 51.5 Å². The molecule has 0 radical (unpaired) electrons. The highest BCUT2D eigenvalue weighted by Gasteiger charge is 2.19. The standard InChI is InChI=1S/C43H81NO6/c1-5-7-9-11-13-15-17-19-20-22-23-25-27-29-31-34-41(45)48-38-40(39-49-42(46)36-33-37-44(3)4)50-43(47)35-32-30-28-26-24-21-18-16-14-12-10-8-6-2/h19-20,40H,5-18,21-39H2,1-4H3/b20-19-. The molecular weight excluding hydrogens is 626 g/mol. The quantitative estimate of drug-likeness (QED) is 0.0273. The van der Waals surface area contributed by atoms with Crippen molar-refractivity contribution < 1.29 is 28.6 Å². The lowest BCUT2D eigenvalue weighted by molar-refractivity contribution is -0.167. The molecule has 0 heterocycles. The molecule has 0 spiro atoms. The molecule has 0 aliphatic carbocycles. The molecule has 1 atom stereocenters. The van der Waals surface area contributed by atoms with Crippen LogP contribution in [0.1, 0.15) is 206 Å². The molecule has 0 aromatic carbocycles. The molecule has 0 bridgehead atoms. The van der Waals surface area contributed by atoms with Gasteiger partial charge in [0.15, 0.2) is 6.10 Å². The van der Waals surface area contributed by atoms with Crippen LogP contribution < -0.4 is 0 Å². The lowest BCUT2D eigenvalue weighted by Gasteiger charge is -2.18. The molecule has 0 amide bonds. The van der Waals surface area contributed by atoms with Gasteiger partial charge in [-0.3, -0.25) is 14.4 Å². The summed E-state index contributed by atoms with van der Waals surface area (Å²) in [7, 11) is 3.92. The molecule has 0 saturated heterocycles. The van der Waals surface area contributed by atoms with E-state index in [1.165, 1.54) is 122 Å². The summed E-state index contributed by atoms with van der Waals surface area (Å²) in [6, 6.07) is 0. The van der Waals surface area contributed by atoms with E-state index >= 15 is 0 Å². The van der Waals surface area contributed by atoms with Crippen LogP contribution in [-0.4, -0.2) is 62.8 Å². The predicted octanol–water partition coefficient (Wildman–Crippen LogP) is 11.8. The van der Waals surface area contributed by atoms with E-state index in [1.54, 1.807) is 0 Å². The predicted molar refractivity (Wildman–Crippen MR) is 209 cm³/mol. The fourth-order valence-electron chi connectivity index (χ4n) is 6.04. The summed E-state index contributed by atoms with van der Waals surface area (Å²) in [5, 5.41) is 0. The molecule has 0 N–H and O–H groups in total. The molecule has 50 heavy (non-hydrogen) atoms. The van der Waals surface area contributed by atoms with Crippen LogP contribution in [0.2, 0.25) is 0 Å². The number of ether oxygens (including phenoxy) is 3. The first kappa shape index (κ1) is 48.1. The van der Waals surface area contributed by atoms with Crippen molar-refractivity contribution in [3.8, 4) is 0 Å². The zero-order valence-corrected chi connectivity index (χ0v) is 33.5. The van der Waals surface area contributed by atoms with Gasteiger partial charge in [0.2, 0.25) is 0 Å². The maximum atomic E-state index is 12.6. The Morgan fingerprint density at radius 1 is 0.460 bits per heavy atom. The van der Waals surface area contributed by atoms with Gasteiger partial charge < -0.3 is 19.1 Å². The van der Waals surface area contributed by atoms with Gasteiger partial charge in [0.05, 0.1) is 0 Å². The highest BCUT2D eigenvalue weighted by molar-refractivity contribution is 5.71. The van der Waals surface area contributed by atoms with Gasteiger partial charge in [-0.15, -0.1) is 0 Å². The first-order valence-corrected chi connectivity index (χ1v) is 21.2. The molecule has 0 fully saturated rings. The van der Waals surface area contributed by atoms with E-state index in [4.69, 9.17) is 14.2 Å². The summed E-state index contributed by atoms with van der Waals surface area (Å²) < 4.78 is 16.5. The van der Waals surface area contributed by atoms with Crippen molar-refractivity contribution >= 4 is 17.9 Å². The monoisotopic (exact) mass is 708 g/mol. The smallest absolute Gasteiger partial charge is 0.306 e.